The molecule has 0 radical (unpaired) electrons. The fourth-order valence-corrected chi connectivity index (χ4v) is 2.94. The lowest BCUT2D eigenvalue weighted by Gasteiger charge is -2.19. The number of nitrogens with zero attached hydrogens (tertiary/aromatic N) is 3. The van der Waals surface area contributed by atoms with Crippen molar-refractivity contribution < 1.29 is 9.21 Å². The molecule has 1 amide bonds. The normalized spacial score (nSPS) is 15.4. The number of benzene rings is 1. The lowest BCUT2D eigenvalue weighted by molar-refractivity contribution is -0.131. The quantitative estimate of drug-likeness (QED) is 0.868. The second kappa shape index (κ2) is 7.40. The smallest absolute Gasteiger partial charge is 0.247 e. The lowest BCUT2D eigenvalue weighted by Crippen LogP contribution is -2.31. The van der Waals surface area contributed by atoms with Crippen LogP contribution in [0.5, 0.6) is 0 Å². The molecule has 0 atom stereocenters. The zero-order valence-electron chi connectivity index (χ0n) is 13.6. The summed E-state index contributed by atoms with van der Waals surface area (Å²) in [5.41, 5.74) is 2.07. The zero-order valence-corrected chi connectivity index (χ0v) is 13.6. The molecule has 1 saturated heterocycles. The third-order valence-electron chi connectivity index (χ3n) is 4.24. The Kier molecular flexibility index (Phi) is 5.05. The average molecular weight is 313 g/mol. The van der Waals surface area contributed by atoms with Crippen molar-refractivity contribution in [1.29, 1.82) is 0 Å². The van der Waals surface area contributed by atoms with E-state index in [1.807, 2.05) is 36.1 Å². The Bertz CT molecular complexity index is 658. The average Bonchev–Trinajstić information content (AvgIpc) is 2.86. The third-order valence-corrected chi connectivity index (χ3v) is 4.24. The molecule has 0 spiro atoms. The van der Waals surface area contributed by atoms with E-state index in [0.717, 1.165) is 37.1 Å². The molecule has 1 fully saturated rings. The molecule has 0 unspecified atom stereocenters. The standard InChI is InChI=1S/C18H23N3O2/c1-14-7-6-8-15(13-14)18-20-19-16(23-18)9-10-17(22)21-11-4-2-3-5-12-21/h6-8,13H,2-5,9-12H2,1H3. The van der Waals surface area contributed by atoms with E-state index in [-0.39, 0.29) is 5.91 Å². The predicted octanol–water partition coefficient (Wildman–Crippen LogP) is 3.38. The summed E-state index contributed by atoms with van der Waals surface area (Å²) in [6.45, 7) is 3.80. The van der Waals surface area contributed by atoms with Crippen LogP contribution in [0.3, 0.4) is 0 Å². The summed E-state index contributed by atoms with van der Waals surface area (Å²) in [4.78, 5) is 14.3. The number of carbonyl (C=O) groups excluding carboxylic acids is 1. The van der Waals surface area contributed by atoms with Crippen LogP contribution in [0.15, 0.2) is 28.7 Å². The Labute approximate surface area is 136 Å². The maximum atomic E-state index is 12.3. The molecular weight excluding hydrogens is 290 g/mol. The minimum atomic E-state index is 0.196. The summed E-state index contributed by atoms with van der Waals surface area (Å²) in [7, 11) is 0. The first-order valence-electron chi connectivity index (χ1n) is 8.39. The van der Waals surface area contributed by atoms with E-state index < -0.39 is 0 Å². The Balaban J connectivity index is 1.57. The first kappa shape index (κ1) is 15.7. The van der Waals surface area contributed by atoms with Crippen LogP contribution in [0.4, 0.5) is 0 Å². The number of hydrogen-bond acceptors (Lipinski definition) is 4. The number of aromatic nitrogens is 2. The number of likely N-dealkylation sites (tertiary alicyclic amines) is 1. The van der Waals surface area contributed by atoms with Gasteiger partial charge in [-0.05, 0) is 31.9 Å². The zero-order chi connectivity index (χ0) is 16.1. The van der Waals surface area contributed by atoms with Gasteiger partial charge in [-0.3, -0.25) is 4.79 Å². The maximum absolute atomic E-state index is 12.3. The van der Waals surface area contributed by atoms with E-state index in [1.54, 1.807) is 0 Å². The van der Waals surface area contributed by atoms with E-state index in [4.69, 9.17) is 4.42 Å². The number of rotatable bonds is 4. The highest BCUT2D eigenvalue weighted by molar-refractivity contribution is 5.76. The van der Waals surface area contributed by atoms with Crippen LogP contribution in [0, 0.1) is 6.92 Å². The van der Waals surface area contributed by atoms with Gasteiger partial charge in [0.25, 0.3) is 0 Å². The molecule has 122 valence electrons. The van der Waals surface area contributed by atoms with Gasteiger partial charge >= 0.3 is 0 Å². The fraction of sp³-hybridized carbons (Fsp3) is 0.500. The van der Waals surface area contributed by atoms with E-state index in [2.05, 4.69) is 10.2 Å². The van der Waals surface area contributed by atoms with Crippen molar-refractivity contribution in [2.75, 3.05) is 13.1 Å². The van der Waals surface area contributed by atoms with Gasteiger partial charge in [-0.2, -0.15) is 0 Å². The monoisotopic (exact) mass is 313 g/mol. The second-order valence-corrected chi connectivity index (χ2v) is 6.17. The maximum Gasteiger partial charge on any atom is 0.247 e. The summed E-state index contributed by atoms with van der Waals surface area (Å²) in [5.74, 6) is 1.25. The van der Waals surface area contributed by atoms with Crippen LogP contribution in [0.25, 0.3) is 11.5 Å². The van der Waals surface area contributed by atoms with E-state index in [1.165, 1.54) is 12.8 Å². The van der Waals surface area contributed by atoms with Crippen LogP contribution >= 0.6 is 0 Å². The SMILES string of the molecule is Cc1cccc(-c2nnc(CCC(=O)N3CCCCCC3)o2)c1. The van der Waals surface area contributed by atoms with Crippen molar-refractivity contribution in [3.63, 3.8) is 0 Å². The van der Waals surface area contributed by atoms with Gasteiger partial charge in [0.1, 0.15) is 0 Å². The van der Waals surface area contributed by atoms with Crippen LogP contribution in [-0.4, -0.2) is 34.1 Å². The van der Waals surface area contributed by atoms with Gasteiger partial charge in [-0.1, -0.05) is 30.5 Å². The van der Waals surface area contributed by atoms with Crippen molar-refractivity contribution in [3.8, 4) is 11.5 Å². The summed E-state index contributed by atoms with van der Waals surface area (Å²) in [6, 6.07) is 7.96. The van der Waals surface area contributed by atoms with Gasteiger partial charge in [-0.25, -0.2) is 0 Å². The predicted molar refractivity (Wildman–Crippen MR) is 87.8 cm³/mol. The third kappa shape index (κ3) is 4.18. The van der Waals surface area contributed by atoms with E-state index >= 15 is 0 Å². The summed E-state index contributed by atoms with van der Waals surface area (Å²) >= 11 is 0. The Hall–Kier alpha value is -2.17. The minimum absolute atomic E-state index is 0.196. The Morgan fingerprint density at radius 2 is 1.96 bits per heavy atom. The van der Waals surface area contributed by atoms with Crippen molar-refractivity contribution in [2.45, 2.75) is 45.4 Å². The van der Waals surface area contributed by atoms with Gasteiger partial charge in [0, 0.05) is 31.5 Å². The molecule has 0 saturated carbocycles. The van der Waals surface area contributed by atoms with Gasteiger partial charge in [0.2, 0.25) is 17.7 Å². The Morgan fingerprint density at radius 3 is 2.70 bits per heavy atom. The van der Waals surface area contributed by atoms with Gasteiger partial charge in [0.05, 0.1) is 0 Å². The van der Waals surface area contributed by atoms with Crippen LogP contribution in [-0.2, 0) is 11.2 Å². The molecular formula is C18H23N3O2. The van der Waals surface area contributed by atoms with Crippen LogP contribution in [0.2, 0.25) is 0 Å². The molecule has 0 bridgehead atoms. The van der Waals surface area contributed by atoms with Crippen LogP contribution < -0.4 is 0 Å². The lowest BCUT2D eigenvalue weighted by atomic mass is 10.1. The number of hydrogen-bond donors (Lipinski definition) is 0. The molecule has 0 N–H and O–H groups in total. The van der Waals surface area contributed by atoms with Crippen LogP contribution in [0.1, 0.15) is 43.6 Å². The van der Waals surface area contributed by atoms with E-state index in [0.29, 0.717) is 24.6 Å². The van der Waals surface area contributed by atoms with Gasteiger partial charge in [0.15, 0.2) is 0 Å². The molecule has 1 aliphatic rings. The highest BCUT2D eigenvalue weighted by Crippen LogP contribution is 2.19. The number of aryl methyl sites for hydroxylation is 2. The highest BCUT2D eigenvalue weighted by Gasteiger charge is 2.17. The fourth-order valence-electron chi connectivity index (χ4n) is 2.94. The Morgan fingerprint density at radius 1 is 1.17 bits per heavy atom. The first-order chi connectivity index (χ1) is 11.2. The highest BCUT2D eigenvalue weighted by atomic mass is 16.4. The largest absolute Gasteiger partial charge is 0.421 e. The molecule has 1 aromatic carbocycles. The molecule has 3 rings (SSSR count). The second-order valence-electron chi connectivity index (χ2n) is 6.17. The minimum Gasteiger partial charge on any atom is -0.421 e. The first-order valence-corrected chi connectivity index (χ1v) is 8.39. The molecule has 5 heteroatoms. The van der Waals surface area contributed by atoms with Gasteiger partial charge < -0.3 is 9.32 Å². The summed E-state index contributed by atoms with van der Waals surface area (Å²) in [6.07, 6.45) is 5.64. The molecule has 0 aliphatic carbocycles. The number of carbonyl (C=O) groups is 1. The van der Waals surface area contributed by atoms with Crippen molar-refractivity contribution in [2.24, 2.45) is 0 Å². The summed E-state index contributed by atoms with van der Waals surface area (Å²) < 4.78 is 5.69. The summed E-state index contributed by atoms with van der Waals surface area (Å²) in [5, 5.41) is 8.16. The molecule has 5 nitrogen and oxygen atoms in total. The molecule has 1 aliphatic heterocycles. The van der Waals surface area contributed by atoms with Crippen molar-refractivity contribution in [3.05, 3.63) is 35.7 Å². The van der Waals surface area contributed by atoms with Crippen molar-refractivity contribution >= 4 is 5.91 Å². The topological polar surface area (TPSA) is 59.2 Å². The molecule has 23 heavy (non-hydrogen) atoms. The van der Waals surface area contributed by atoms with Crippen molar-refractivity contribution in [1.82, 2.24) is 15.1 Å². The molecule has 2 heterocycles. The number of amides is 1. The molecule has 1 aromatic heterocycles. The van der Waals surface area contributed by atoms with Gasteiger partial charge in [-0.15, -0.1) is 10.2 Å². The molecule has 2 aromatic rings. The van der Waals surface area contributed by atoms with E-state index in [9.17, 15) is 4.79 Å².